The normalized spacial score (nSPS) is 16.2. The van der Waals surface area contributed by atoms with Gasteiger partial charge in [-0.2, -0.15) is 4.31 Å². The maximum Gasteiger partial charge on any atom is 0.338 e. The van der Waals surface area contributed by atoms with Crippen molar-refractivity contribution in [1.29, 1.82) is 0 Å². The molecule has 1 aromatic heterocycles. The quantitative estimate of drug-likeness (QED) is 0.593. The first-order chi connectivity index (χ1) is 13.9. The summed E-state index contributed by atoms with van der Waals surface area (Å²) in [5.74, 6) is 0.279. The molecule has 0 spiro atoms. The number of piperidine rings is 1. The number of carbonyl (C=O) groups is 1. The number of esters is 1. The number of aromatic nitrogens is 1. The van der Waals surface area contributed by atoms with E-state index >= 15 is 0 Å². The van der Waals surface area contributed by atoms with Gasteiger partial charge in [0.25, 0.3) is 0 Å². The standard InChI is InChI=1S/C21H22N2O5S/c1-15-10-12-23(13-11-15)29(25,26)17-8-6-16(7-9-17)21(24)27-14-20-22-18-4-2-3-5-19(18)28-20/h2-9,15H,10-14H2,1H3. The van der Waals surface area contributed by atoms with Gasteiger partial charge >= 0.3 is 5.97 Å². The van der Waals surface area contributed by atoms with E-state index in [1.807, 2.05) is 18.2 Å². The molecule has 29 heavy (non-hydrogen) atoms. The minimum atomic E-state index is -3.54. The molecule has 0 bridgehead atoms. The van der Waals surface area contributed by atoms with E-state index in [0.717, 1.165) is 12.8 Å². The van der Waals surface area contributed by atoms with E-state index < -0.39 is 16.0 Å². The molecule has 0 saturated carbocycles. The van der Waals surface area contributed by atoms with Crippen molar-refractivity contribution in [1.82, 2.24) is 9.29 Å². The lowest BCUT2D eigenvalue weighted by Crippen LogP contribution is -2.37. The monoisotopic (exact) mass is 414 g/mol. The van der Waals surface area contributed by atoms with Crippen LogP contribution in [0.3, 0.4) is 0 Å². The summed E-state index contributed by atoms with van der Waals surface area (Å²) in [4.78, 5) is 16.7. The number of para-hydroxylation sites is 2. The lowest BCUT2D eigenvalue weighted by atomic mass is 10.0. The number of sulfonamides is 1. The number of benzene rings is 2. The second-order valence-corrected chi connectivity index (χ2v) is 9.20. The molecule has 0 atom stereocenters. The summed E-state index contributed by atoms with van der Waals surface area (Å²) in [6.07, 6.45) is 1.72. The molecular formula is C21H22N2O5S. The Kier molecular flexibility index (Phi) is 5.38. The van der Waals surface area contributed by atoms with E-state index in [9.17, 15) is 13.2 Å². The van der Waals surface area contributed by atoms with Crippen LogP contribution in [0.1, 0.15) is 36.0 Å². The van der Waals surface area contributed by atoms with Crippen LogP contribution in [0.5, 0.6) is 0 Å². The summed E-state index contributed by atoms with van der Waals surface area (Å²) in [6.45, 7) is 3.08. The number of rotatable bonds is 5. The van der Waals surface area contributed by atoms with E-state index in [1.165, 1.54) is 28.6 Å². The molecule has 3 aromatic rings. The van der Waals surface area contributed by atoms with Crippen LogP contribution in [-0.2, 0) is 21.4 Å². The number of nitrogens with zero attached hydrogens (tertiary/aromatic N) is 2. The van der Waals surface area contributed by atoms with Crippen molar-refractivity contribution in [3.8, 4) is 0 Å². The Morgan fingerprint density at radius 3 is 2.52 bits per heavy atom. The van der Waals surface area contributed by atoms with Crippen LogP contribution in [0.15, 0.2) is 57.8 Å². The molecule has 1 aliphatic rings. The molecule has 0 unspecified atom stereocenters. The zero-order valence-corrected chi connectivity index (χ0v) is 16.9. The Labute approximate surface area is 169 Å². The second-order valence-electron chi connectivity index (χ2n) is 7.26. The predicted octanol–water partition coefficient (Wildman–Crippen LogP) is 3.61. The van der Waals surface area contributed by atoms with Gasteiger partial charge in [0.1, 0.15) is 5.52 Å². The molecule has 2 aromatic carbocycles. The van der Waals surface area contributed by atoms with Crippen molar-refractivity contribution in [2.75, 3.05) is 13.1 Å². The Hall–Kier alpha value is -2.71. The van der Waals surface area contributed by atoms with Gasteiger partial charge in [0.2, 0.25) is 15.9 Å². The maximum atomic E-state index is 12.8. The van der Waals surface area contributed by atoms with Crippen LogP contribution < -0.4 is 0 Å². The van der Waals surface area contributed by atoms with Crippen LogP contribution in [0.2, 0.25) is 0 Å². The number of hydrogen-bond donors (Lipinski definition) is 0. The van der Waals surface area contributed by atoms with Crippen molar-refractivity contribution < 1.29 is 22.4 Å². The van der Waals surface area contributed by atoms with Gasteiger partial charge in [0, 0.05) is 13.1 Å². The summed E-state index contributed by atoms with van der Waals surface area (Å²) in [6, 6.07) is 13.1. The minimum absolute atomic E-state index is 0.0977. The Morgan fingerprint density at radius 2 is 1.83 bits per heavy atom. The zero-order valence-electron chi connectivity index (χ0n) is 16.1. The fourth-order valence-electron chi connectivity index (χ4n) is 3.33. The summed E-state index contributed by atoms with van der Waals surface area (Å²) >= 11 is 0. The third-order valence-corrected chi connectivity index (χ3v) is 7.05. The summed E-state index contributed by atoms with van der Waals surface area (Å²) in [7, 11) is -3.54. The fraction of sp³-hybridized carbons (Fsp3) is 0.333. The number of ether oxygens (including phenoxy) is 1. The summed E-state index contributed by atoms with van der Waals surface area (Å²) in [5.41, 5.74) is 1.59. The van der Waals surface area contributed by atoms with Gasteiger partial charge in [0.05, 0.1) is 10.5 Å². The number of carbonyl (C=O) groups excluding carboxylic acids is 1. The molecule has 152 valence electrons. The Morgan fingerprint density at radius 1 is 1.14 bits per heavy atom. The van der Waals surface area contributed by atoms with Gasteiger partial charge in [-0.25, -0.2) is 18.2 Å². The third kappa shape index (κ3) is 4.18. The number of fused-ring (bicyclic) bond motifs is 1. The topological polar surface area (TPSA) is 89.7 Å². The first-order valence-electron chi connectivity index (χ1n) is 9.55. The van der Waals surface area contributed by atoms with E-state index in [0.29, 0.717) is 36.0 Å². The predicted molar refractivity (Wildman–Crippen MR) is 107 cm³/mol. The van der Waals surface area contributed by atoms with Crippen molar-refractivity contribution in [3.63, 3.8) is 0 Å². The van der Waals surface area contributed by atoms with Crippen LogP contribution in [0.25, 0.3) is 11.1 Å². The van der Waals surface area contributed by atoms with E-state index in [1.54, 1.807) is 6.07 Å². The molecule has 1 aliphatic heterocycles. The van der Waals surface area contributed by atoms with Crippen molar-refractivity contribution >= 4 is 27.1 Å². The van der Waals surface area contributed by atoms with E-state index in [2.05, 4.69) is 11.9 Å². The SMILES string of the molecule is CC1CCN(S(=O)(=O)c2ccc(C(=O)OCc3nc4ccccc4o3)cc2)CC1. The van der Waals surface area contributed by atoms with Crippen molar-refractivity contribution in [2.24, 2.45) is 5.92 Å². The van der Waals surface area contributed by atoms with Gasteiger partial charge < -0.3 is 9.15 Å². The largest absolute Gasteiger partial charge is 0.452 e. The fourth-order valence-corrected chi connectivity index (χ4v) is 4.80. The van der Waals surface area contributed by atoms with Crippen LogP contribution in [-0.4, -0.2) is 36.8 Å². The highest BCUT2D eigenvalue weighted by Gasteiger charge is 2.28. The van der Waals surface area contributed by atoms with Gasteiger partial charge in [-0.15, -0.1) is 0 Å². The highest BCUT2D eigenvalue weighted by molar-refractivity contribution is 7.89. The molecule has 1 fully saturated rings. The van der Waals surface area contributed by atoms with Gasteiger partial charge in [-0.3, -0.25) is 0 Å². The van der Waals surface area contributed by atoms with Crippen molar-refractivity contribution in [3.05, 3.63) is 60.0 Å². The van der Waals surface area contributed by atoms with Crippen LogP contribution in [0.4, 0.5) is 0 Å². The zero-order chi connectivity index (χ0) is 20.4. The molecule has 0 N–H and O–H groups in total. The number of oxazole rings is 1. The molecular weight excluding hydrogens is 392 g/mol. The molecule has 0 aliphatic carbocycles. The van der Waals surface area contributed by atoms with Gasteiger partial charge in [-0.1, -0.05) is 19.1 Å². The first-order valence-corrected chi connectivity index (χ1v) is 11.0. The smallest absolute Gasteiger partial charge is 0.338 e. The molecule has 0 radical (unpaired) electrons. The maximum absolute atomic E-state index is 12.8. The van der Waals surface area contributed by atoms with Gasteiger partial charge in [-0.05, 0) is 55.2 Å². The average molecular weight is 414 g/mol. The highest BCUT2D eigenvalue weighted by Crippen LogP contribution is 2.24. The summed E-state index contributed by atoms with van der Waals surface area (Å²) in [5, 5.41) is 0. The molecule has 4 rings (SSSR count). The lowest BCUT2D eigenvalue weighted by molar-refractivity contribution is 0.0440. The molecule has 0 amide bonds. The number of hydrogen-bond acceptors (Lipinski definition) is 6. The summed E-state index contributed by atoms with van der Waals surface area (Å²) < 4.78 is 37.8. The van der Waals surface area contributed by atoms with Crippen LogP contribution >= 0.6 is 0 Å². The van der Waals surface area contributed by atoms with Gasteiger partial charge in [0.15, 0.2) is 12.2 Å². The third-order valence-electron chi connectivity index (χ3n) is 5.14. The minimum Gasteiger partial charge on any atom is -0.452 e. The first kappa shape index (κ1) is 19.6. The highest BCUT2D eigenvalue weighted by atomic mass is 32.2. The second kappa shape index (κ2) is 7.96. The molecule has 1 saturated heterocycles. The van der Waals surface area contributed by atoms with E-state index in [4.69, 9.17) is 9.15 Å². The molecule has 2 heterocycles. The Bertz CT molecular complexity index is 1080. The Balaban J connectivity index is 1.41. The van der Waals surface area contributed by atoms with Crippen LogP contribution in [0, 0.1) is 5.92 Å². The molecule has 8 heteroatoms. The van der Waals surface area contributed by atoms with E-state index in [-0.39, 0.29) is 17.1 Å². The lowest BCUT2D eigenvalue weighted by Gasteiger charge is -2.29. The van der Waals surface area contributed by atoms with Crippen molar-refractivity contribution in [2.45, 2.75) is 31.3 Å². The average Bonchev–Trinajstić information content (AvgIpc) is 3.15. The molecule has 7 nitrogen and oxygen atoms in total.